The Hall–Kier alpha value is -1.67. The van der Waals surface area contributed by atoms with Crippen molar-refractivity contribution in [2.24, 2.45) is 0 Å². The van der Waals surface area contributed by atoms with E-state index in [9.17, 15) is 9.18 Å². The molecule has 0 atom stereocenters. The number of hydrogen-bond acceptors (Lipinski definition) is 1. The van der Waals surface area contributed by atoms with Crippen molar-refractivity contribution in [3.63, 3.8) is 0 Å². The number of rotatable bonds is 3. The molecule has 0 unspecified atom stereocenters. The quantitative estimate of drug-likeness (QED) is 0.766. The molecule has 0 bridgehead atoms. The maximum Gasteiger partial charge on any atom is 0.167 e. The Kier molecular flexibility index (Phi) is 3.58. The first-order valence-corrected chi connectivity index (χ1v) is 7.10. The Balaban J connectivity index is 1.84. The Labute approximate surface area is 122 Å². The number of halogens is 2. The third kappa shape index (κ3) is 2.61. The second-order valence-electron chi connectivity index (χ2n) is 5.17. The van der Waals surface area contributed by atoms with Crippen LogP contribution in [0.25, 0.3) is 0 Å². The van der Waals surface area contributed by atoms with Crippen LogP contribution in [0.5, 0.6) is 0 Å². The number of benzene rings is 2. The van der Waals surface area contributed by atoms with Gasteiger partial charge in [0.2, 0.25) is 0 Å². The lowest BCUT2D eigenvalue weighted by atomic mass is 9.99. The van der Waals surface area contributed by atoms with Crippen molar-refractivity contribution in [1.82, 2.24) is 0 Å². The molecule has 0 heterocycles. The molecule has 0 radical (unpaired) electrons. The van der Waals surface area contributed by atoms with Crippen LogP contribution in [0.1, 0.15) is 33.5 Å². The molecule has 1 nitrogen and oxygen atoms in total. The minimum Gasteiger partial charge on any atom is -0.294 e. The van der Waals surface area contributed by atoms with Crippen molar-refractivity contribution in [3.8, 4) is 0 Å². The Morgan fingerprint density at radius 3 is 2.75 bits per heavy atom. The number of aryl methyl sites for hydroxylation is 2. The zero-order valence-corrected chi connectivity index (χ0v) is 11.7. The Morgan fingerprint density at radius 1 is 1.10 bits per heavy atom. The number of hydrogen-bond donors (Lipinski definition) is 0. The van der Waals surface area contributed by atoms with Gasteiger partial charge in [0, 0.05) is 17.0 Å². The first-order chi connectivity index (χ1) is 9.63. The fourth-order valence-corrected chi connectivity index (χ4v) is 2.89. The smallest absolute Gasteiger partial charge is 0.167 e. The highest BCUT2D eigenvalue weighted by Crippen LogP contribution is 2.24. The third-order valence-electron chi connectivity index (χ3n) is 3.78. The third-order valence-corrected chi connectivity index (χ3v) is 4.01. The molecule has 0 saturated heterocycles. The lowest BCUT2D eigenvalue weighted by Crippen LogP contribution is -2.06. The summed E-state index contributed by atoms with van der Waals surface area (Å²) in [5.41, 5.74) is 3.59. The predicted octanol–water partition coefficient (Wildman–Crippen LogP) is 4.39. The Bertz CT molecular complexity index is 679. The lowest BCUT2D eigenvalue weighted by molar-refractivity contribution is 0.0991. The van der Waals surface area contributed by atoms with Crippen molar-refractivity contribution in [2.45, 2.75) is 25.7 Å². The summed E-state index contributed by atoms with van der Waals surface area (Å²) in [6.07, 6.45) is 3.32. The second kappa shape index (κ2) is 5.37. The molecule has 3 heteroatoms. The molecule has 2 aromatic rings. The first-order valence-electron chi connectivity index (χ1n) is 6.72. The molecule has 0 aliphatic heterocycles. The van der Waals surface area contributed by atoms with Gasteiger partial charge in [0.15, 0.2) is 5.78 Å². The summed E-state index contributed by atoms with van der Waals surface area (Å²) >= 11 is 5.85. The topological polar surface area (TPSA) is 17.1 Å². The number of Topliss-reactive ketones (excluding diaryl/α,β-unsaturated/α-hetero) is 1. The fourth-order valence-electron chi connectivity index (χ4n) is 2.70. The normalized spacial score (nSPS) is 13.3. The summed E-state index contributed by atoms with van der Waals surface area (Å²) in [6.45, 7) is 0. The molecule has 3 rings (SSSR count). The summed E-state index contributed by atoms with van der Waals surface area (Å²) in [6, 6.07) is 10.1. The molecular weight excluding hydrogens is 275 g/mol. The van der Waals surface area contributed by atoms with Gasteiger partial charge in [-0.1, -0.05) is 23.7 Å². The van der Waals surface area contributed by atoms with Crippen LogP contribution in [0.3, 0.4) is 0 Å². The summed E-state index contributed by atoms with van der Waals surface area (Å²) in [4.78, 5) is 12.3. The van der Waals surface area contributed by atoms with E-state index in [2.05, 4.69) is 0 Å². The minimum absolute atomic E-state index is 0.0468. The maximum atomic E-state index is 13.7. The molecule has 1 aliphatic rings. The average molecular weight is 289 g/mol. The van der Waals surface area contributed by atoms with Crippen LogP contribution in [0.2, 0.25) is 5.02 Å². The van der Waals surface area contributed by atoms with Gasteiger partial charge in [-0.2, -0.15) is 0 Å². The molecule has 1 aliphatic carbocycles. The van der Waals surface area contributed by atoms with Gasteiger partial charge in [0.1, 0.15) is 5.82 Å². The number of carbonyl (C=O) groups is 1. The number of carbonyl (C=O) groups excluding carboxylic acids is 1. The highest BCUT2D eigenvalue weighted by atomic mass is 35.5. The molecule has 0 aromatic heterocycles. The minimum atomic E-state index is -0.385. The molecule has 0 fully saturated rings. The summed E-state index contributed by atoms with van der Waals surface area (Å²) in [5, 5.41) is 0.447. The van der Waals surface area contributed by atoms with E-state index >= 15 is 0 Å². The van der Waals surface area contributed by atoms with E-state index in [0.717, 1.165) is 19.3 Å². The predicted molar refractivity (Wildman–Crippen MR) is 77.9 cm³/mol. The maximum absolute atomic E-state index is 13.7. The average Bonchev–Trinajstić information content (AvgIpc) is 2.90. The van der Waals surface area contributed by atoms with Crippen LogP contribution >= 0.6 is 11.6 Å². The summed E-state index contributed by atoms with van der Waals surface area (Å²) in [5.74, 6) is -0.454. The lowest BCUT2D eigenvalue weighted by Gasteiger charge is -2.06. The van der Waals surface area contributed by atoms with E-state index < -0.39 is 0 Å². The highest BCUT2D eigenvalue weighted by molar-refractivity contribution is 6.30. The largest absolute Gasteiger partial charge is 0.294 e. The van der Waals surface area contributed by atoms with E-state index in [1.807, 2.05) is 18.2 Å². The monoisotopic (exact) mass is 288 g/mol. The van der Waals surface area contributed by atoms with Gasteiger partial charge in [-0.05, 0) is 60.2 Å². The highest BCUT2D eigenvalue weighted by Gasteiger charge is 2.15. The fraction of sp³-hybridized carbons (Fsp3) is 0.235. The number of fused-ring (bicyclic) bond motifs is 1. The molecule has 0 spiro atoms. The van der Waals surface area contributed by atoms with Gasteiger partial charge in [0.05, 0.1) is 0 Å². The van der Waals surface area contributed by atoms with Gasteiger partial charge >= 0.3 is 0 Å². The molecule has 20 heavy (non-hydrogen) atoms. The molecule has 2 aromatic carbocycles. The van der Waals surface area contributed by atoms with E-state index in [1.54, 1.807) is 0 Å². The Morgan fingerprint density at radius 2 is 1.90 bits per heavy atom. The standard InChI is InChI=1S/C17H14ClFO/c18-15-6-7-16(19)14(9-15)10-17(20)13-5-4-11-2-1-3-12(11)8-13/h4-9H,1-3,10H2. The van der Waals surface area contributed by atoms with Crippen LogP contribution in [-0.2, 0) is 19.3 Å². The van der Waals surface area contributed by atoms with Crippen LogP contribution in [0, 0.1) is 5.82 Å². The van der Waals surface area contributed by atoms with Crippen molar-refractivity contribution in [2.75, 3.05) is 0 Å². The van der Waals surface area contributed by atoms with Crippen molar-refractivity contribution < 1.29 is 9.18 Å². The zero-order chi connectivity index (χ0) is 14.1. The van der Waals surface area contributed by atoms with Gasteiger partial charge in [0.25, 0.3) is 0 Å². The van der Waals surface area contributed by atoms with E-state index in [0.29, 0.717) is 16.1 Å². The van der Waals surface area contributed by atoms with Gasteiger partial charge in [-0.25, -0.2) is 4.39 Å². The van der Waals surface area contributed by atoms with E-state index in [-0.39, 0.29) is 18.0 Å². The van der Waals surface area contributed by atoms with Crippen LogP contribution < -0.4 is 0 Å². The van der Waals surface area contributed by atoms with Gasteiger partial charge in [-0.15, -0.1) is 0 Å². The number of ketones is 1. The molecule has 0 saturated carbocycles. The zero-order valence-electron chi connectivity index (χ0n) is 11.0. The van der Waals surface area contributed by atoms with E-state index in [4.69, 9.17) is 11.6 Å². The molecule has 0 N–H and O–H groups in total. The van der Waals surface area contributed by atoms with Crippen molar-refractivity contribution in [3.05, 3.63) is 69.5 Å². The van der Waals surface area contributed by atoms with Crippen LogP contribution in [0.15, 0.2) is 36.4 Å². The van der Waals surface area contributed by atoms with E-state index in [1.165, 1.54) is 29.3 Å². The molecule has 102 valence electrons. The molecule has 0 amide bonds. The first kappa shape index (κ1) is 13.3. The van der Waals surface area contributed by atoms with Crippen LogP contribution in [0.4, 0.5) is 4.39 Å². The molecular formula is C17H14ClFO. The van der Waals surface area contributed by atoms with Crippen molar-refractivity contribution >= 4 is 17.4 Å². The van der Waals surface area contributed by atoms with Gasteiger partial charge < -0.3 is 0 Å². The second-order valence-corrected chi connectivity index (χ2v) is 5.61. The van der Waals surface area contributed by atoms with Gasteiger partial charge in [-0.3, -0.25) is 4.79 Å². The van der Waals surface area contributed by atoms with Crippen LogP contribution in [-0.4, -0.2) is 5.78 Å². The summed E-state index contributed by atoms with van der Waals surface area (Å²) in [7, 11) is 0. The van der Waals surface area contributed by atoms with Crippen molar-refractivity contribution in [1.29, 1.82) is 0 Å². The SMILES string of the molecule is O=C(Cc1cc(Cl)ccc1F)c1ccc2c(c1)CCC2. The summed E-state index contributed by atoms with van der Waals surface area (Å²) < 4.78 is 13.7.